The van der Waals surface area contributed by atoms with Crippen LogP contribution in [0, 0.1) is 0 Å². The van der Waals surface area contributed by atoms with Gasteiger partial charge in [-0.2, -0.15) is 0 Å². The number of hydrogen-bond acceptors (Lipinski definition) is 2. The molecule has 0 aliphatic heterocycles. The molecule has 3 nitrogen and oxygen atoms in total. The maximum atomic E-state index is 10.7. The summed E-state index contributed by atoms with van der Waals surface area (Å²) in [6.45, 7) is 9.75. The van der Waals surface area contributed by atoms with E-state index in [1.165, 1.54) is 11.1 Å². The minimum atomic E-state index is -0.317. The predicted molar refractivity (Wildman–Crippen MR) is 80.2 cm³/mol. The maximum absolute atomic E-state index is 10.7. The van der Waals surface area contributed by atoms with Gasteiger partial charge in [-0.25, -0.2) is 0 Å². The standard InChI is InChI=1S/C16H26N2O/c1-5-12(2)13-6-8-14(9-7-13)16(3,4)11-18-10-15(17)19/h6-9,12,18H,5,10-11H2,1-4H3,(H2,17,19). The molecule has 0 spiro atoms. The molecule has 1 aromatic rings. The number of carbonyl (C=O) groups excluding carboxylic acids is 1. The Labute approximate surface area is 116 Å². The van der Waals surface area contributed by atoms with E-state index in [4.69, 9.17) is 5.73 Å². The summed E-state index contributed by atoms with van der Waals surface area (Å²) in [5, 5.41) is 3.10. The topological polar surface area (TPSA) is 55.1 Å². The molecule has 1 atom stereocenters. The van der Waals surface area contributed by atoms with Crippen molar-refractivity contribution in [3.05, 3.63) is 35.4 Å². The monoisotopic (exact) mass is 262 g/mol. The third kappa shape index (κ3) is 4.67. The number of rotatable bonds is 7. The summed E-state index contributed by atoms with van der Waals surface area (Å²) in [5.41, 5.74) is 7.77. The van der Waals surface area contributed by atoms with Gasteiger partial charge in [0.25, 0.3) is 0 Å². The van der Waals surface area contributed by atoms with E-state index in [0.29, 0.717) is 5.92 Å². The summed E-state index contributed by atoms with van der Waals surface area (Å²) >= 11 is 0. The van der Waals surface area contributed by atoms with Crippen molar-refractivity contribution in [2.45, 2.75) is 45.4 Å². The third-order valence-corrected chi connectivity index (χ3v) is 3.74. The van der Waals surface area contributed by atoms with Crippen LogP contribution in [0.5, 0.6) is 0 Å². The highest BCUT2D eigenvalue weighted by atomic mass is 16.1. The number of amides is 1. The molecule has 0 aromatic heterocycles. The Balaban J connectivity index is 2.70. The molecule has 3 N–H and O–H groups in total. The highest BCUT2D eigenvalue weighted by Crippen LogP contribution is 2.25. The Morgan fingerprint density at radius 1 is 1.32 bits per heavy atom. The predicted octanol–water partition coefficient (Wildman–Crippen LogP) is 2.55. The molecular formula is C16H26N2O. The van der Waals surface area contributed by atoms with Gasteiger partial charge in [0.2, 0.25) is 5.91 Å². The number of carbonyl (C=O) groups is 1. The molecule has 0 bridgehead atoms. The molecule has 0 fully saturated rings. The van der Waals surface area contributed by atoms with E-state index in [1.807, 2.05) is 0 Å². The quantitative estimate of drug-likeness (QED) is 0.793. The zero-order valence-electron chi connectivity index (χ0n) is 12.5. The smallest absolute Gasteiger partial charge is 0.231 e. The molecule has 0 aliphatic rings. The molecule has 1 amide bonds. The molecule has 0 saturated heterocycles. The lowest BCUT2D eigenvalue weighted by atomic mass is 9.83. The van der Waals surface area contributed by atoms with Gasteiger partial charge in [0, 0.05) is 12.0 Å². The number of nitrogens with one attached hydrogen (secondary N) is 1. The van der Waals surface area contributed by atoms with Crippen LogP contribution in [0.1, 0.15) is 51.2 Å². The molecular weight excluding hydrogens is 236 g/mol. The summed E-state index contributed by atoms with van der Waals surface area (Å²) in [7, 11) is 0. The van der Waals surface area contributed by atoms with Crippen molar-refractivity contribution in [1.29, 1.82) is 0 Å². The molecule has 0 heterocycles. The van der Waals surface area contributed by atoms with E-state index < -0.39 is 0 Å². The second-order valence-electron chi connectivity index (χ2n) is 5.89. The van der Waals surface area contributed by atoms with Gasteiger partial charge in [0.1, 0.15) is 0 Å². The Kier molecular flexibility index (Phi) is 5.55. The Bertz CT molecular complexity index is 409. The van der Waals surface area contributed by atoms with Crippen LogP contribution in [0.2, 0.25) is 0 Å². The van der Waals surface area contributed by atoms with Crippen LogP contribution in [0.3, 0.4) is 0 Å². The minimum absolute atomic E-state index is 0.0105. The highest BCUT2D eigenvalue weighted by Gasteiger charge is 2.20. The summed E-state index contributed by atoms with van der Waals surface area (Å²) in [6, 6.07) is 8.79. The molecule has 1 unspecified atom stereocenters. The lowest BCUT2D eigenvalue weighted by Crippen LogP contribution is -2.37. The van der Waals surface area contributed by atoms with E-state index in [-0.39, 0.29) is 17.9 Å². The van der Waals surface area contributed by atoms with Gasteiger partial charge in [-0.15, -0.1) is 0 Å². The Morgan fingerprint density at radius 3 is 2.37 bits per heavy atom. The first-order valence-corrected chi connectivity index (χ1v) is 6.96. The van der Waals surface area contributed by atoms with Crippen molar-refractivity contribution in [2.75, 3.05) is 13.1 Å². The van der Waals surface area contributed by atoms with E-state index in [9.17, 15) is 4.79 Å². The maximum Gasteiger partial charge on any atom is 0.231 e. The molecule has 106 valence electrons. The highest BCUT2D eigenvalue weighted by molar-refractivity contribution is 5.75. The van der Waals surface area contributed by atoms with Crippen molar-refractivity contribution < 1.29 is 4.79 Å². The fourth-order valence-corrected chi connectivity index (χ4v) is 2.10. The minimum Gasteiger partial charge on any atom is -0.369 e. The largest absolute Gasteiger partial charge is 0.369 e. The summed E-state index contributed by atoms with van der Waals surface area (Å²) < 4.78 is 0. The fraction of sp³-hybridized carbons (Fsp3) is 0.562. The average molecular weight is 262 g/mol. The second kappa shape index (κ2) is 6.71. The normalized spacial score (nSPS) is 13.3. The summed E-state index contributed by atoms with van der Waals surface area (Å²) in [6.07, 6.45) is 1.16. The van der Waals surface area contributed by atoms with Crippen LogP contribution in [-0.4, -0.2) is 19.0 Å². The van der Waals surface area contributed by atoms with Crippen molar-refractivity contribution in [1.82, 2.24) is 5.32 Å². The van der Waals surface area contributed by atoms with Crippen LogP contribution in [-0.2, 0) is 10.2 Å². The fourth-order valence-electron chi connectivity index (χ4n) is 2.10. The van der Waals surface area contributed by atoms with Gasteiger partial charge < -0.3 is 11.1 Å². The zero-order valence-corrected chi connectivity index (χ0v) is 12.5. The molecule has 19 heavy (non-hydrogen) atoms. The number of benzene rings is 1. The van der Waals surface area contributed by atoms with E-state index in [0.717, 1.165) is 13.0 Å². The second-order valence-corrected chi connectivity index (χ2v) is 5.89. The van der Waals surface area contributed by atoms with Crippen LogP contribution < -0.4 is 11.1 Å². The van der Waals surface area contributed by atoms with Gasteiger partial charge in [-0.3, -0.25) is 4.79 Å². The van der Waals surface area contributed by atoms with Gasteiger partial charge in [0.15, 0.2) is 0 Å². The van der Waals surface area contributed by atoms with Gasteiger partial charge in [-0.05, 0) is 23.5 Å². The lowest BCUT2D eigenvalue weighted by molar-refractivity contribution is -0.117. The number of nitrogens with two attached hydrogens (primary N) is 1. The molecule has 1 rings (SSSR count). The van der Waals surface area contributed by atoms with Crippen molar-refractivity contribution in [3.63, 3.8) is 0 Å². The molecule has 1 aromatic carbocycles. The van der Waals surface area contributed by atoms with Gasteiger partial charge in [0.05, 0.1) is 6.54 Å². The SMILES string of the molecule is CCC(C)c1ccc(C(C)(C)CNCC(N)=O)cc1. The van der Waals surface area contributed by atoms with Crippen LogP contribution >= 0.6 is 0 Å². The zero-order chi connectivity index (χ0) is 14.5. The Hall–Kier alpha value is -1.35. The van der Waals surface area contributed by atoms with Crippen molar-refractivity contribution in [2.24, 2.45) is 5.73 Å². The first-order chi connectivity index (χ1) is 8.86. The number of hydrogen-bond donors (Lipinski definition) is 2. The van der Waals surface area contributed by atoms with Crippen molar-refractivity contribution in [3.8, 4) is 0 Å². The Morgan fingerprint density at radius 2 is 1.89 bits per heavy atom. The summed E-state index contributed by atoms with van der Waals surface area (Å²) in [4.78, 5) is 10.7. The lowest BCUT2D eigenvalue weighted by Gasteiger charge is -2.26. The molecule has 0 aliphatic carbocycles. The molecule has 0 saturated carbocycles. The van der Waals surface area contributed by atoms with Crippen LogP contribution in [0.25, 0.3) is 0 Å². The van der Waals surface area contributed by atoms with Gasteiger partial charge in [-0.1, -0.05) is 52.0 Å². The van der Waals surface area contributed by atoms with E-state index in [1.54, 1.807) is 0 Å². The first kappa shape index (κ1) is 15.7. The average Bonchev–Trinajstić information content (AvgIpc) is 2.37. The third-order valence-electron chi connectivity index (χ3n) is 3.74. The number of primary amides is 1. The molecule has 0 radical (unpaired) electrons. The van der Waals surface area contributed by atoms with E-state index in [2.05, 4.69) is 57.3 Å². The van der Waals surface area contributed by atoms with Crippen molar-refractivity contribution >= 4 is 5.91 Å². The van der Waals surface area contributed by atoms with Gasteiger partial charge >= 0.3 is 0 Å². The van der Waals surface area contributed by atoms with Crippen LogP contribution in [0.15, 0.2) is 24.3 Å². The van der Waals surface area contributed by atoms with E-state index >= 15 is 0 Å². The summed E-state index contributed by atoms with van der Waals surface area (Å²) in [5.74, 6) is 0.285. The first-order valence-electron chi connectivity index (χ1n) is 6.96. The molecule has 3 heteroatoms. The van der Waals surface area contributed by atoms with Crippen LogP contribution in [0.4, 0.5) is 0 Å².